The Bertz CT molecular complexity index is 2940. The summed E-state index contributed by atoms with van der Waals surface area (Å²) in [5.74, 6) is -0.938. The fraction of sp³-hybridized carbons (Fsp3) is 0.273. The molecule has 0 saturated carbocycles. The summed E-state index contributed by atoms with van der Waals surface area (Å²) in [7, 11) is 0. The van der Waals surface area contributed by atoms with Gasteiger partial charge in [-0.2, -0.15) is 10.2 Å². The number of nitrogens with zero attached hydrogens (tertiary/aromatic N) is 10. The Hall–Kier alpha value is -6.78. The minimum atomic E-state index is -0.572. The molecule has 2 aliphatic heterocycles. The summed E-state index contributed by atoms with van der Waals surface area (Å²) in [6.45, 7) is 9.11. The largest absolute Gasteiger partial charge is 0.379 e. The van der Waals surface area contributed by atoms with Gasteiger partial charge >= 0.3 is 0 Å². The number of ether oxygens (including phenoxy) is 2. The minimum Gasteiger partial charge on any atom is -0.379 e. The van der Waals surface area contributed by atoms with Gasteiger partial charge in [0.2, 0.25) is 0 Å². The van der Waals surface area contributed by atoms with Crippen molar-refractivity contribution in [2.45, 2.75) is 58.7 Å². The maximum absolute atomic E-state index is 16.8. The average Bonchev–Trinajstić information content (AvgIpc) is 4.09. The molecule has 1 unspecified atom stereocenters. The summed E-state index contributed by atoms with van der Waals surface area (Å²) in [5, 5.41) is 16.4. The fourth-order valence-corrected chi connectivity index (χ4v) is 8.10. The molecule has 8 aromatic rings. The average molecular weight is 807 g/mol. The molecule has 10 heterocycles. The van der Waals surface area contributed by atoms with Crippen LogP contribution in [0.4, 0.5) is 31.5 Å². The van der Waals surface area contributed by atoms with Crippen LogP contribution in [0.2, 0.25) is 0 Å². The standard InChI is InChI=1S/C44H40F2N12O2/c1-23-17-49-35(41-30(45)6-5-25(3)53-41)15-33(23)56-32-8-11-48-38-20-52-58(44(32)38)28-14-39(60-22-28)29-13-26(4)54-42(40(29)46)36-16-34(24(2)18-50-36)55-31-7-10-47-37-19-51-57(43(31)37)27-9-12-59-21-27/h5-8,10-11,13,15-20,27-28,39H,9,12,14,21-22H2,1-4H3,(H,47,50,55)(H,48,49,56)/t27-,28-,39?/m1/s1. The second-order valence-electron chi connectivity index (χ2n) is 15.4. The van der Waals surface area contributed by atoms with Crippen molar-refractivity contribution in [3.8, 4) is 22.8 Å². The van der Waals surface area contributed by atoms with Crippen LogP contribution in [-0.4, -0.2) is 69.3 Å². The minimum absolute atomic E-state index is 0.116. The number of aryl methyl sites for hydroxylation is 4. The summed E-state index contributed by atoms with van der Waals surface area (Å²) in [6.07, 6.45) is 11.1. The molecule has 2 fully saturated rings. The van der Waals surface area contributed by atoms with Crippen molar-refractivity contribution in [3.63, 3.8) is 0 Å². The third-order valence-corrected chi connectivity index (χ3v) is 11.2. The Morgan fingerprint density at radius 2 is 1.27 bits per heavy atom. The molecule has 3 atom stereocenters. The van der Waals surface area contributed by atoms with E-state index in [0.29, 0.717) is 60.1 Å². The number of anilines is 4. The lowest BCUT2D eigenvalue weighted by Gasteiger charge is -2.17. The molecule has 0 spiro atoms. The predicted molar refractivity (Wildman–Crippen MR) is 222 cm³/mol. The number of hydrogen-bond acceptors (Lipinski definition) is 12. The molecule has 0 radical (unpaired) electrons. The molecule has 10 rings (SSSR count). The fourth-order valence-electron chi connectivity index (χ4n) is 8.10. The third-order valence-electron chi connectivity index (χ3n) is 11.2. The Morgan fingerprint density at radius 1 is 0.650 bits per heavy atom. The van der Waals surface area contributed by atoms with E-state index in [4.69, 9.17) is 14.6 Å². The molecule has 2 N–H and O–H groups in total. The first-order chi connectivity index (χ1) is 29.2. The molecule has 2 saturated heterocycles. The smallest absolute Gasteiger partial charge is 0.156 e. The van der Waals surface area contributed by atoms with Crippen LogP contribution in [0.3, 0.4) is 0 Å². The third kappa shape index (κ3) is 6.76. The van der Waals surface area contributed by atoms with E-state index in [1.54, 1.807) is 55.4 Å². The maximum atomic E-state index is 16.8. The van der Waals surface area contributed by atoms with Crippen LogP contribution in [0.25, 0.3) is 44.8 Å². The Kier molecular flexibility index (Phi) is 9.44. The molecule has 0 bridgehead atoms. The normalized spacial score (nSPS) is 17.9. The highest BCUT2D eigenvalue weighted by Gasteiger charge is 2.33. The molecule has 16 heteroatoms. The molecule has 8 aromatic heterocycles. The predicted octanol–water partition coefficient (Wildman–Crippen LogP) is 8.75. The first kappa shape index (κ1) is 37.5. The molecule has 0 amide bonds. The van der Waals surface area contributed by atoms with Crippen molar-refractivity contribution >= 4 is 44.8 Å². The van der Waals surface area contributed by atoms with Crippen molar-refractivity contribution in [3.05, 3.63) is 119 Å². The highest BCUT2D eigenvalue weighted by molar-refractivity contribution is 5.91. The van der Waals surface area contributed by atoms with Gasteiger partial charge < -0.3 is 20.1 Å². The Balaban J connectivity index is 0.930. The van der Waals surface area contributed by atoms with Gasteiger partial charge in [0.1, 0.15) is 33.5 Å². The van der Waals surface area contributed by atoms with E-state index in [1.165, 1.54) is 6.07 Å². The lowest BCUT2D eigenvalue weighted by Crippen LogP contribution is -2.11. The van der Waals surface area contributed by atoms with Crippen molar-refractivity contribution in [2.24, 2.45) is 0 Å². The number of aromatic nitrogens is 10. The van der Waals surface area contributed by atoms with Crippen molar-refractivity contribution in [1.29, 1.82) is 0 Å². The van der Waals surface area contributed by atoms with Gasteiger partial charge in [0, 0.05) is 66.1 Å². The summed E-state index contributed by atoms with van der Waals surface area (Å²) < 4.78 is 47.5. The van der Waals surface area contributed by atoms with Crippen LogP contribution in [0.1, 0.15) is 59.1 Å². The van der Waals surface area contributed by atoms with Crippen LogP contribution in [0.15, 0.2) is 79.6 Å². The molecule has 302 valence electrons. The van der Waals surface area contributed by atoms with Gasteiger partial charge in [-0.05, 0) is 87.7 Å². The number of hydrogen-bond donors (Lipinski definition) is 2. The number of halogens is 2. The van der Waals surface area contributed by atoms with E-state index in [-0.39, 0.29) is 23.5 Å². The second kappa shape index (κ2) is 15.1. The first-order valence-corrected chi connectivity index (χ1v) is 19.8. The van der Waals surface area contributed by atoms with Crippen molar-refractivity contribution < 1.29 is 18.3 Å². The topological polar surface area (TPSA) is 156 Å². The maximum Gasteiger partial charge on any atom is 0.156 e. The van der Waals surface area contributed by atoms with Crippen molar-refractivity contribution in [1.82, 2.24) is 49.5 Å². The first-order valence-electron chi connectivity index (χ1n) is 19.8. The van der Waals surface area contributed by atoms with Gasteiger partial charge in [0.15, 0.2) is 11.6 Å². The zero-order valence-electron chi connectivity index (χ0n) is 33.3. The zero-order valence-corrected chi connectivity index (χ0v) is 33.3. The second-order valence-corrected chi connectivity index (χ2v) is 15.4. The van der Waals surface area contributed by atoms with E-state index >= 15 is 4.39 Å². The Labute approximate surface area is 343 Å². The van der Waals surface area contributed by atoms with Crippen LogP contribution in [-0.2, 0) is 9.47 Å². The van der Waals surface area contributed by atoms with Gasteiger partial charge in [0.05, 0.1) is 66.6 Å². The molecular formula is C44H40F2N12O2. The van der Waals surface area contributed by atoms with E-state index < -0.39 is 17.7 Å². The summed E-state index contributed by atoms with van der Waals surface area (Å²) in [5.41, 5.74) is 10.7. The van der Waals surface area contributed by atoms with E-state index in [1.807, 2.05) is 55.3 Å². The highest BCUT2D eigenvalue weighted by atomic mass is 19.1. The van der Waals surface area contributed by atoms with Crippen LogP contribution in [0.5, 0.6) is 0 Å². The quantitative estimate of drug-likeness (QED) is 0.143. The molecule has 14 nitrogen and oxygen atoms in total. The van der Waals surface area contributed by atoms with Gasteiger partial charge in [-0.1, -0.05) is 0 Å². The van der Waals surface area contributed by atoms with Gasteiger partial charge in [-0.15, -0.1) is 0 Å². The van der Waals surface area contributed by atoms with Crippen molar-refractivity contribution in [2.75, 3.05) is 30.5 Å². The monoisotopic (exact) mass is 806 g/mol. The van der Waals surface area contributed by atoms with Gasteiger partial charge in [-0.3, -0.25) is 29.3 Å². The number of nitrogens with one attached hydrogen (secondary N) is 2. The van der Waals surface area contributed by atoms with Gasteiger partial charge in [-0.25, -0.2) is 18.7 Å². The lowest BCUT2D eigenvalue weighted by molar-refractivity contribution is 0.104. The summed E-state index contributed by atoms with van der Waals surface area (Å²) in [4.78, 5) is 27.3. The van der Waals surface area contributed by atoms with E-state index in [2.05, 4.69) is 45.6 Å². The van der Waals surface area contributed by atoms with E-state index in [9.17, 15) is 4.39 Å². The van der Waals surface area contributed by atoms with Crippen LogP contribution in [0, 0.1) is 39.3 Å². The van der Waals surface area contributed by atoms with E-state index in [0.717, 1.165) is 56.8 Å². The molecule has 0 aromatic carbocycles. The van der Waals surface area contributed by atoms with Crippen LogP contribution >= 0.6 is 0 Å². The summed E-state index contributed by atoms with van der Waals surface area (Å²) >= 11 is 0. The number of pyridine rings is 6. The lowest BCUT2D eigenvalue weighted by atomic mass is 10.0. The number of fused-ring (bicyclic) bond motifs is 2. The van der Waals surface area contributed by atoms with Gasteiger partial charge in [0.25, 0.3) is 0 Å². The highest BCUT2D eigenvalue weighted by Crippen LogP contribution is 2.41. The summed E-state index contributed by atoms with van der Waals surface area (Å²) in [6, 6.07) is 12.0. The zero-order chi connectivity index (χ0) is 41.1. The Morgan fingerprint density at radius 3 is 1.90 bits per heavy atom. The molecule has 2 aliphatic rings. The molecule has 0 aliphatic carbocycles. The molecule has 60 heavy (non-hydrogen) atoms. The SMILES string of the molecule is Cc1ccc(F)c(-c2cc(Nc3ccnc4cnn([C@H]5COC(c6cc(C)nc(-c7cc(Nc8ccnc9cnn([C@@H]%10CCOC%10)c89)c(C)cn7)c6F)C5)c34)c(C)cn2)n1. The number of rotatable bonds is 9. The van der Waals surface area contributed by atoms with Crippen LogP contribution < -0.4 is 10.6 Å². The molecular weight excluding hydrogens is 767 g/mol.